The molecule has 0 N–H and O–H groups in total. The third kappa shape index (κ3) is 2.71. The van der Waals surface area contributed by atoms with Gasteiger partial charge in [-0.1, -0.05) is 6.92 Å². The summed E-state index contributed by atoms with van der Waals surface area (Å²) in [6, 6.07) is 7.79. The molecule has 3 nitrogen and oxygen atoms in total. The normalized spacial score (nSPS) is 10.1. The van der Waals surface area contributed by atoms with Crippen LogP contribution in [0.3, 0.4) is 0 Å². The van der Waals surface area contributed by atoms with E-state index in [1.807, 2.05) is 13.0 Å². The molecule has 1 aromatic heterocycles. The maximum atomic E-state index is 13.4. The van der Waals surface area contributed by atoms with Gasteiger partial charge in [-0.3, -0.25) is 0 Å². The van der Waals surface area contributed by atoms with E-state index in [-0.39, 0.29) is 5.56 Å². The van der Waals surface area contributed by atoms with E-state index >= 15 is 0 Å². The molecular formula is C13H9BrFN3. The monoisotopic (exact) mass is 305 g/mol. The predicted molar refractivity (Wildman–Crippen MR) is 69.2 cm³/mol. The summed E-state index contributed by atoms with van der Waals surface area (Å²) in [5.41, 5.74) is 1.45. The number of benzene rings is 1. The largest absolute Gasteiger partial charge is 0.233 e. The fraction of sp³-hybridized carbons (Fsp3) is 0.154. The molecule has 0 radical (unpaired) electrons. The molecule has 5 heteroatoms. The standard InChI is InChI=1S/C13H9BrFN3/c1-2-13-17-11(6-12(14)18-13)9-3-8(7-16)4-10(15)5-9/h3-6H,2H2,1H3. The molecule has 0 aliphatic rings. The van der Waals surface area contributed by atoms with Crippen molar-refractivity contribution < 1.29 is 4.39 Å². The van der Waals surface area contributed by atoms with Crippen LogP contribution in [0.5, 0.6) is 0 Å². The first-order valence-electron chi connectivity index (χ1n) is 5.37. The third-order valence-corrected chi connectivity index (χ3v) is 2.79. The molecule has 0 saturated carbocycles. The molecule has 2 rings (SSSR count). The van der Waals surface area contributed by atoms with Crippen LogP contribution in [0.1, 0.15) is 18.3 Å². The van der Waals surface area contributed by atoms with Crippen LogP contribution in [0.2, 0.25) is 0 Å². The molecule has 0 spiro atoms. The summed E-state index contributed by atoms with van der Waals surface area (Å²) in [4.78, 5) is 8.51. The average molecular weight is 306 g/mol. The van der Waals surface area contributed by atoms with Crippen LogP contribution in [-0.4, -0.2) is 9.97 Å². The summed E-state index contributed by atoms with van der Waals surface area (Å²) in [5, 5.41) is 8.83. The second-order valence-corrected chi connectivity index (χ2v) is 4.50. The number of nitrogens with zero attached hydrogens (tertiary/aromatic N) is 3. The highest BCUT2D eigenvalue weighted by Gasteiger charge is 2.07. The molecule has 0 fully saturated rings. The maximum Gasteiger partial charge on any atom is 0.130 e. The minimum Gasteiger partial charge on any atom is -0.233 e. The number of aryl methyl sites for hydroxylation is 1. The Hall–Kier alpha value is -1.80. The lowest BCUT2D eigenvalue weighted by Gasteiger charge is -2.05. The molecule has 0 saturated heterocycles. The van der Waals surface area contributed by atoms with Crippen molar-refractivity contribution in [1.29, 1.82) is 5.26 Å². The Morgan fingerprint density at radius 2 is 2.06 bits per heavy atom. The molecule has 0 aliphatic carbocycles. The van der Waals surface area contributed by atoms with E-state index in [9.17, 15) is 4.39 Å². The maximum absolute atomic E-state index is 13.4. The van der Waals surface area contributed by atoms with Crippen molar-refractivity contribution in [2.24, 2.45) is 0 Å². The molecule has 18 heavy (non-hydrogen) atoms. The minimum atomic E-state index is -0.447. The minimum absolute atomic E-state index is 0.276. The summed E-state index contributed by atoms with van der Waals surface area (Å²) >= 11 is 3.30. The van der Waals surface area contributed by atoms with Crippen molar-refractivity contribution in [3.63, 3.8) is 0 Å². The Balaban J connectivity index is 2.58. The molecule has 0 unspecified atom stereocenters. The van der Waals surface area contributed by atoms with E-state index in [1.165, 1.54) is 12.1 Å². The van der Waals surface area contributed by atoms with Crippen LogP contribution in [0, 0.1) is 17.1 Å². The molecule has 1 aromatic carbocycles. The number of nitriles is 1. The first-order chi connectivity index (χ1) is 8.62. The SMILES string of the molecule is CCc1nc(Br)cc(-c2cc(F)cc(C#N)c2)n1. The molecule has 0 atom stereocenters. The van der Waals surface area contributed by atoms with Gasteiger partial charge in [-0.2, -0.15) is 5.26 Å². The van der Waals surface area contributed by atoms with Gasteiger partial charge in [0.05, 0.1) is 17.3 Å². The third-order valence-electron chi connectivity index (χ3n) is 2.38. The number of rotatable bonds is 2. The zero-order chi connectivity index (χ0) is 13.1. The Morgan fingerprint density at radius 1 is 1.28 bits per heavy atom. The van der Waals surface area contributed by atoms with Gasteiger partial charge in [0.1, 0.15) is 16.2 Å². The molecule has 2 aromatic rings. The van der Waals surface area contributed by atoms with Crippen molar-refractivity contribution in [3.8, 4) is 17.3 Å². The second-order valence-electron chi connectivity index (χ2n) is 3.69. The van der Waals surface area contributed by atoms with Gasteiger partial charge in [0.2, 0.25) is 0 Å². The van der Waals surface area contributed by atoms with Crippen molar-refractivity contribution in [1.82, 2.24) is 9.97 Å². The first-order valence-corrected chi connectivity index (χ1v) is 6.16. The van der Waals surface area contributed by atoms with E-state index in [0.29, 0.717) is 28.1 Å². The van der Waals surface area contributed by atoms with Crippen molar-refractivity contribution in [3.05, 3.63) is 46.1 Å². The average Bonchev–Trinajstić information content (AvgIpc) is 2.37. The highest BCUT2D eigenvalue weighted by molar-refractivity contribution is 9.10. The second kappa shape index (κ2) is 5.23. The molecule has 0 aliphatic heterocycles. The van der Waals surface area contributed by atoms with Crippen LogP contribution in [-0.2, 0) is 6.42 Å². The van der Waals surface area contributed by atoms with Gasteiger partial charge in [-0.15, -0.1) is 0 Å². The number of aromatic nitrogens is 2. The van der Waals surface area contributed by atoms with Gasteiger partial charge in [0.25, 0.3) is 0 Å². The molecular weight excluding hydrogens is 297 g/mol. The zero-order valence-corrected chi connectivity index (χ0v) is 11.2. The lowest BCUT2D eigenvalue weighted by molar-refractivity contribution is 0.627. The van der Waals surface area contributed by atoms with Crippen molar-refractivity contribution in [2.45, 2.75) is 13.3 Å². The Labute approximate surface area is 112 Å². The van der Waals surface area contributed by atoms with Crippen LogP contribution < -0.4 is 0 Å². The van der Waals surface area contributed by atoms with E-state index in [0.717, 1.165) is 0 Å². The van der Waals surface area contributed by atoms with Gasteiger partial charge >= 0.3 is 0 Å². The number of hydrogen-bond acceptors (Lipinski definition) is 3. The summed E-state index contributed by atoms with van der Waals surface area (Å²) in [6.45, 7) is 1.94. The molecule has 0 amide bonds. The summed E-state index contributed by atoms with van der Waals surface area (Å²) in [5.74, 6) is 0.221. The number of hydrogen-bond donors (Lipinski definition) is 0. The lowest BCUT2D eigenvalue weighted by atomic mass is 10.1. The predicted octanol–water partition coefficient (Wildman–Crippen LogP) is 3.48. The highest BCUT2D eigenvalue weighted by atomic mass is 79.9. The highest BCUT2D eigenvalue weighted by Crippen LogP contribution is 2.22. The van der Waals surface area contributed by atoms with Gasteiger partial charge in [0.15, 0.2) is 0 Å². The summed E-state index contributed by atoms with van der Waals surface area (Å²) in [7, 11) is 0. The van der Waals surface area contributed by atoms with Gasteiger partial charge < -0.3 is 0 Å². The Bertz CT molecular complexity index is 635. The van der Waals surface area contributed by atoms with Crippen LogP contribution in [0.4, 0.5) is 4.39 Å². The Morgan fingerprint density at radius 3 is 2.72 bits per heavy atom. The topological polar surface area (TPSA) is 49.6 Å². The fourth-order valence-electron chi connectivity index (χ4n) is 1.57. The van der Waals surface area contributed by atoms with Crippen LogP contribution in [0.25, 0.3) is 11.3 Å². The fourth-order valence-corrected chi connectivity index (χ4v) is 1.99. The quantitative estimate of drug-likeness (QED) is 0.798. The summed E-state index contributed by atoms with van der Waals surface area (Å²) < 4.78 is 14.0. The lowest BCUT2D eigenvalue weighted by Crippen LogP contribution is -1.96. The van der Waals surface area contributed by atoms with Gasteiger partial charge in [-0.25, -0.2) is 14.4 Å². The van der Waals surface area contributed by atoms with E-state index < -0.39 is 5.82 Å². The Kier molecular flexibility index (Phi) is 3.68. The zero-order valence-electron chi connectivity index (χ0n) is 9.61. The summed E-state index contributed by atoms with van der Waals surface area (Å²) in [6.07, 6.45) is 0.687. The van der Waals surface area contributed by atoms with E-state index in [4.69, 9.17) is 5.26 Å². The first kappa shape index (κ1) is 12.7. The van der Waals surface area contributed by atoms with E-state index in [1.54, 1.807) is 12.1 Å². The molecule has 90 valence electrons. The van der Waals surface area contributed by atoms with Crippen LogP contribution in [0.15, 0.2) is 28.9 Å². The smallest absolute Gasteiger partial charge is 0.130 e. The number of halogens is 2. The molecule has 1 heterocycles. The van der Waals surface area contributed by atoms with Crippen molar-refractivity contribution in [2.75, 3.05) is 0 Å². The van der Waals surface area contributed by atoms with Gasteiger partial charge in [-0.05, 0) is 40.2 Å². The van der Waals surface area contributed by atoms with Crippen molar-refractivity contribution >= 4 is 15.9 Å². The van der Waals surface area contributed by atoms with Gasteiger partial charge in [0, 0.05) is 12.0 Å². The van der Waals surface area contributed by atoms with Crippen LogP contribution >= 0.6 is 15.9 Å². The molecule has 0 bridgehead atoms. The van der Waals surface area contributed by atoms with E-state index in [2.05, 4.69) is 25.9 Å².